The second-order valence-corrected chi connectivity index (χ2v) is 5.04. The van der Waals surface area contributed by atoms with Gasteiger partial charge in [0.2, 0.25) is 6.29 Å². The number of amides is 2. The molecule has 1 unspecified atom stereocenters. The Balaban J connectivity index is 2.54. The lowest BCUT2D eigenvalue weighted by atomic mass is 10.2. The summed E-state index contributed by atoms with van der Waals surface area (Å²) in [6.45, 7) is 7.04. The summed E-state index contributed by atoms with van der Waals surface area (Å²) in [5.74, 6) is -0.694. The van der Waals surface area contributed by atoms with Crippen LogP contribution in [0.15, 0.2) is 11.6 Å². The van der Waals surface area contributed by atoms with Crippen molar-refractivity contribution in [3.63, 3.8) is 0 Å². The standard InChI is InChI=1S/C12H19NO5/c1-8-6-9(14)13(11(8)15)7-10(16-5)17-18-12(2,3)4/h6,10H,7H2,1-5H3. The van der Waals surface area contributed by atoms with E-state index < -0.39 is 11.9 Å². The summed E-state index contributed by atoms with van der Waals surface area (Å²) in [4.78, 5) is 34.4. The number of hydrogen-bond acceptors (Lipinski definition) is 5. The molecule has 6 heteroatoms. The number of carbonyl (C=O) groups is 2. The number of carbonyl (C=O) groups excluding carboxylic acids is 2. The molecule has 0 saturated carbocycles. The predicted molar refractivity (Wildman–Crippen MR) is 63.2 cm³/mol. The van der Waals surface area contributed by atoms with E-state index in [1.165, 1.54) is 13.2 Å². The molecule has 2 amide bonds. The second-order valence-electron chi connectivity index (χ2n) is 5.04. The summed E-state index contributed by atoms with van der Waals surface area (Å²) in [6.07, 6.45) is 0.482. The molecule has 18 heavy (non-hydrogen) atoms. The van der Waals surface area contributed by atoms with E-state index in [1.807, 2.05) is 20.8 Å². The molecule has 1 heterocycles. The van der Waals surface area contributed by atoms with Crippen LogP contribution in [0.1, 0.15) is 27.7 Å². The molecular weight excluding hydrogens is 238 g/mol. The summed E-state index contributed by atoms with van der Waals surface area (Å²) in [5, 5.41) is 0. The minimum atomic E-state index is -0.809. The lowest BCUT2D eigenvalue weighted by molar-refractivity contribution is -0.412. The number of hydrogen-bond donors (Lipinski definition) is 0. The number of methoxy groups -OCH3 is 1. The van der Waals surface area contributed by atoms with Gasteiger partial charge in [-0.15, -0.1) is 0 Å². The molecule has 0 fully saturated rings. The Bertz CT molecular complexity index is 369. The molecule has 0 aliphatic carbocycles. The SMILES string of the molecule is COC(CN1C(=O)C=C(C)C1=O)OOC(C)(C)C. The van der Waals surface area contributed by atoms with E-state index in [-0.39, 0.29) is 18.4 Å². The van der Waals surface area contributed by atoms with E-state index in [9.17, 15) is 9.59 Å². The van der Waals surface area contributed by atoms with Gasteiger partial charge in [-0.1, -0.05) is 0 Å². The van der Waals surface area contributed by atoms with Crippen molar-refractivity contribution in [2.45, 2.75) is 39.6 Å². The van der Waals surface area contributed by atoms with Crippen LogP contribution in [-0.4, -0.2) is 42.3 Å². The Morgan fingerprint density at radius 2 is 1.94 bits per heavy atom. The van der Waals surface area contributed by atoms with Crippen LogP contribution >= 0.6 is 0 Å². The van der Waals surface area contributed by atoms with Crippen molar-refractivity contribution < 1.29 is 24.1 Å². The van der Waals surface area contributed by atoms with Gasteiger partial charge < -0.3 is 4.74 Å². The molecule has 1 atom stereocenters. The van der Waals surface area contributed by atoms with Crippen molar-refractivity contribution in [2.75, 3.05) is 13.7 Å². The van der Waals surface area contributed by atoms with Gasteiger partial charge >= 0.3 is 0 Å². The van der Waals surface area contributed by atoms with E-state index in [4.69, 9.17) is 14.5 Å². The molecule has 1 aliphatic rings. The quantitative estimate of drug-likeness (QED) is 0.318. The maximum absolute atomic E-state index is 11.7. The Morgan fingerprint density at radius 1 is 1.33 bits per heavy atom. The zero-order chi connectivity index (χ0) is 13.9. The normalized spacial score (nSPS) is 18.3. The minimum Gasteiger partial charge on any atom is -0.352 e. The van der Waals surface area contributed by atoms with Crippen molar-refractivity contribution >= 4 is 11.8 Å². The maximum atomic E-state index is 11.7. The van der Waals surface area contributed by atoms with Crippen molar-refractivity contribution in [1.29, 1.82) is 0 Å². The van der Waals surface area contributed by atoms with Gasteiger partial charge in [-0.2, -0.15) is 0 Å². The minimum absolute atomic E-state index is 0.00190. The van der Waals surface area contributed by atoms with Crippen molar-refractivity contribution in [3.05, 3.63) is 11.6 Å². The summed E-state index contributed by atoms with van der Waals surface area (Å²) >= 11 is 0. The van der Waals surface area contributed by atoms with Crippen molar-refractivity contribution in [3.8, 4) is 0 Å². The van der Waals surface area contributed by atoms with E-state index in [1.54, 1.807) is 6.92 Å². The molecule has 102 valence electrons. The van der Waals surface area contributed by atoms with Crippen LogP contribution in [0.3, 0.4) is 0 Å². The third kappa shape index (κ3) is 3.90. The van der Waals surface area contributed by atoms with E-state index >= 15 is 0 Å². The van der Waals surface area contributed by atoms with Gasteiger partial charge in [0.25, 0.3) is 11.8 Å². The smallest absolute Gasteiger partial charge is 0.256 e. The Kier molecular flexibility index (Phi) is 4.61. The molecule has 0 aromatic heterocycles. The van der Waals surface area contributed by atoms with Gasteiger partial charge in [-0.3, -0.25) is 14.5 Å². The van der Waals surface area contributed by atoms with Crippen LogP contribution in [0.4, 0.5) is 0 Å². The molecule has 0 aromatic rings. The average Bonchev–Trinajstić information content (AvgIpc) is 2.48. The van der Waals surface area contributed by atoms with Gasteiger partial charge in [0.1, 0.15) is 0 Å². The molecule has 0 spiro atoms. The zero-order valence-corrected chi connectivity index (χ0v) is 11.4. The molecule has 0 aromatic carbocycles. The fourth-order valence-corrected chi connectivity index (χ4v) is 1.30. The molecule has 0 radical (unpaired) electrons. The van der Waals surface area contributed by atoms with Crippen molar-refractivity contribution in [1.82, 2.24) is 4.90 Å². The topological polar surface area (TPSA) is 65.1 Å². The van der Waals surface area contributed by atoms with Crippen LogP contribution in [-0.2, 0) is 24.1 Å². The van der Waals surface area contributed by atoms with E-state index in [2.05, 4.69) is 0 Å². The van der Waals surface area contributed by atoms with Crippen LogP contribution < -0.4 is 0 Å². The number of imide groups is 1. The predicted octanol–water partition coefficient (Wildman–Crippen LogP) is 1.02. The highest BCUT2D eigenvalue weighted by molar-refractivity contribution is 6.15. The van der Waals surface area contributed by atoms with Gasteiger partial charge in [-0.05, 0) is 27.7 Å². The summed E-state index contributed by atoms with van der Waals surface area (Å²) in [6, 6.07) is 0. The first kappa shape index (κ1) is 14.8. The van der Waals surface area contributed by atoms with Crippen LogP contribution in [0.2, 0.25) is 0 Å². The molecule has 6 nitrogen and oxygen atoms in total. The molecule has 1 aliphatic heterocycles. The molecule has 0 bridgehead atoms. The first-order chi connectivity index (χ1) is 8.24. The molecule has 1 rings (SSSR count). The third-order valence-electron chi connectivity index (χ3n) is 2.19. The van der Waals surface area contributed by atoms with E-state index in [0.29, 0.717) is 5.57 Å². The lowest BCUT2D eigenvalue weighted by Crippen LogP contribution is -2.40. The maximum Gasteiger partial charge on any atom is 0.256 e. The highest BCUT2D eigenvalue weighted by Crippen LogP contribution is 2.15. The van der Waals surface area contributed by atoms with Crippen LogP contribution in [0.25, 0.3) is 0 Å². The van der Waals surface area contributed by atoms with Gasteiger partial charge in [0, 0.05) is 18.8 Å². The second kappa shape index (κ2) is 5.60. The molecular formula is C12H19NO5. The summed E-state index contributed by atoms with van der Waals surface area (Å²) in [7, 11) is 1.42. The largest absolute Gasteiger partial charge is 0.352 e. The average molecular weight is 257 g/mol. The lowest BCUT2D eigenvalue weighted by Gasteiger charge is -2.24. The monoisotopic (exact) mass is 257 g/mol. The third-order valence-corrected chi connectivity index (χ3v) is 2.19. The van der Waals surface area contributed by atoms with E-state index in [0.717, 1.165) is 4.90 Å². The Labute approximate surface area is 106 Å². The summed E-state index contributed by atoms with van der Waals surface area (Å²) < 4.78 is 5.02. The highest BCUT2D eigenvalue weighted by atomic mass is 17.2. The number of nitrogens with zero attached hydrogens (tertiary/aromatic N) is 1. The first-order valence-electron chi connectivity index (χ1n) is 5.66. The van der Waals surface area contributed by atoms with Crippen LogP contribution in [0, 0.1) is 0 Å². The number of ether oxygens (including phenoxy) is 1. The fourth-order valence-electron chi connectivity index (χ4n) is 1.30. The summed E-state index contributed by atoms with van der Waals surface area (Å²) in [5.41, 5.74) is -0.0872. The number of rotatable bonds is 5. The first-order valence-corrected chi connectivity index (χ1v) is 5.66. The molecule has 0 saturated heterocycles. The van der Waals surface area contributed by atoms with Gasteiger partial charge in [-0.25, -0.2) is 9.78 Å². The highest BCUT2D eigenvalue weighted by Gasteiger charge is 2.31. The van der Waals surface area contributed by atoms with Gasteiger partial charge in [0.05, 0.1) is 12.1 Å². The van der Waals surface area contributed by atoms with Crippen molar-refractivity contribution in [2.24, 2.45) is 0 Å². The Hall–Kier alpha value is -1.24. The zero-order valence-electron chi connectivity index (χ0n) is 11.4. The van der Waals surface area contributed by atoms with Gasteiger partial charge in [0.15, 0.2) is 0 Å². The fraction of sp³-hybridized carbons (Fsp3) is 0.667. The molecule has 0 N–H and O–H groups in total. The Morgan fingerprint density at radius 3 is 2.33 bits per heavy atom. The van der Waals surface area contributed by atoms with Crippen LogP contribution in [0.5, 0.6) is 0 Å².